The van der Waals surface area contributed by atoms with Gasteiger partial charge >= 0.3 is 0 Å². The van der Waals surface area contributed by atoms with Crippen molar-refractivity contribution in [3.8, 4) is 11.5 Å². The summed E-state index contributed by atoms with van der Waals surface area (Å²) in [6.45, 7) is 0. The van der Waals surface area contributed by atoms with Gasteiger partial charge in [0.2, 0.25) is 0 Å². The van der Waals surface area contributed by atoms with E-state index in [-0.39, 0.29) is 50.5 Å². The Hall–Kier alpha value is -2.93. The third kappa shape index (κ3) is 13.4. The van der Waals surface area contributed by atoms with Gasteiger partial charge in [-0.3, -0.25) is 9.97 Å². The van der Waals surface area contributed by atoms with Crippen LogP contribution in [0.1, 0.15) is 51.4 Å². The Labute approximate surface area is 264 Å². The fourth-order valence-electron chi connectivity index (χ4n) is 3.87. The second-order valence-electron chi connectivity index (χ2n) is 8.86. The first-order chi connectivity index (χ1) is 18.8. The zero-order valence-electron chi connectivity index (χ0n) is 22.6. The summed E-state index contributed by atoms with van der Waals surface area (Å²) in [4.78, 5) is 7.94. The minimum absolute atomic E-state index is 0. The molecule has 2 heterocycles. The number of hydrogen-bond acceptors (Lipinski definition) is 4. The van der Waals surface area contributed by atoms with E-state index in [1.165, 1.54) is 63.5 Å². The van der Waals surface area contributed by atoms with Crippen LogP contribution in [0.25, 0.3) is 21.8 Å². The van der Waals surface area contributed by atoms with Crippen LogP contribution >= 0.6 is 0 Å². The molecule has 2 radical (unpaired) electrons. The molecule has 2 aromatic heterocycles. The van der Waals surface area contributed by atoms with Crippen LogP contribution < -0.4 is 10.2 Å². The first-order valence-electron chi connectivity index (χ1n) is 13.4. The minimum Gasteiger partial charge on any atom is -0.871 e. The smallest absolute Gasteiger partial charge is 0.0623 e. The van der Waals surface area contributed by atoms with E-state index in [1.54, 1.807) is 24.5 Å². The van der Waals surface area contributed by atoms with Crippen LogP contribution in [0.5, 0.6) is 11.5 Å². The maximum atomic E-state index is 11.1. The van der Waals surface area contributed by atoms with Gasteiger partial charge in [-0.25, -0.2) is 0 Å². The van der Waals surface area contributed by atoms with Crippen molar-refractivity contribution in [1.82, 2.24) is 9.97 Å². The van der Waals surface area contributed by atoms with Crippen molar-refractivity contribution in [2.75, 3.05) is 0 Å². The Morgan fingerprint density at radius 3 is 0.950 bits per heavy atom. The van der Waals surface area contributed by atoms with Crippen LogP contribution in [-0.4, -0.2) is 9.97 Å². The van der Waals surface area contributed by atoms with E-state index in [4.69, 9.17) is 0 Å². The molecule has 2 aromatic carbocycles. The fraction of sp³-hybridized carbons (Fsp3) is 0.235. The summed E-state index contributed by atoms with van der Waals surface area (Å²) in [5.74, 6) is -0.0220. The van der Waals surface area contributed by atoms with Gasteiger partial charge in [0.05, 0.1) is 11.0 Å². The molecule has 0 saturated heterocycles. The molecule has 0 unspecified atom stereocenters. The van der Waals surface area contributed by atoms with Crippen molar-refractivity contribution in [2.45, 2.75) is 51.4 Å². The molecule has 2 aliphatic carbocycles. The van der Waals surface area contributed by atoms with Gasteiger partial charge in [-0.05, 0) is 74.3 Å². The average Bonchev–Trinajstić information content (AvgIpc) is 2.90. The number of benzene rings is 2. The number of pyridine rings is 2. The first kappa shape index (κ1) is 35.1. The summed E-state index contributed by atoms with van der Waals surface area (Å²) < 4.78 is 0. The number of allylic oxidation sites excluding steroid dienone is 8. The predicted molar refractivity (Wildman–Crippen MR) is 156 cm³/mol. The third-order valence-electron chi connectivity index (χ3n) is 5.86. The average molecular weight is 710 g/mol. The summed E-state index contributed by atoms with van der Waals surface area (Å²) in [7, 11) is 0. The summed E-state index contributed by atoms with van der Waals surface area (Å²) >= 11 is 0. The number of aromatic nitrogens is 2. The maximum absolute atomic E-state index is 11.1. The standard InChI is InChI=1S/2C9H7NO.2C8H12.2Rh/c2*11-8-5-1-3-7-4-2-6-10-9(7)8;2*1-2-4-6-8-7-5-3-1;;/h2*1-6,11H;2*1-2,7-8H,3-6H2;;/p-2. The number of fused-ring (bicyclic) bond motifs is 2. The van der Waals surface area contributed by atoms with Gasteiger partial charge < -0.3 is 10.2 Å². The third-order valence-corrected chi connectivity index (χ3v) is 5.86. The Morgan fingerprint density at radius 2 is 0.675 bits per heavy atom. The van der Waals surface area contributed by atoms with Gasteiger partial charge in [0.25, 0.3) is 0 Å². The SMILES string of the molecule is C1=CCCC=CCC1.C1=CCCC=CCC1.[O-]c1cccc2cccnc12.[O-]c1cccc2cccnc12.[Rh].[Rh]. The van der Waals surface area contributed by atoms with Gasteiger partial charge in [-0.2, -0.15) is 0 Å². The van der Waals surface area contributed by atoms with Gasteiger partial charge in [-0.15, -0.1) is 0 Å². The van der Waals surface area contributed by atoms with Gasteiger partial charge in [0.15, 0.2) is 0 Å². The maximum Gasteiger partial charge on any atom is 0.0623 e. The largest absolute Gasteiger partial charge is 0.871 e. The molecule has 6 rings (SSSR count). The molecule has 0 amide bonds. The van der Waals surface area contributed by atoms with Crippen LogP contribution in [0.15, 0.2) is 122 Å². The van der Waals surface area contributed by atoms with E-state index < -0.39 is 0 Å². The molecule has 214 valence electrons. The van der Waals surface area contributed by atoms with Crippen molar-refractivity contribution in [2.24, 2.45) is 0 Å². The van der Waals surface area contributed by atoms with Gasteiger partial charge in [0, 0.05) is 51.3 Å². The quantitative estimate of drug-likeness (QED) is 0.137. The summed E-state index contributed by atoms with van der Waals surface area (Å²) in [6, 6.07) is 17.7. The molecule has 0 spiro atoms. The molecule has 0 N–H and O–H groups in total. The van der Waals surface area contributed by atoms with Gasteiger partial charge in [0.1, 0.15) is 0 Å². The van der Waals surface area contributed by atoms with Crippen LogP contribution in [0.2, 0.25) is 0 Å². The summed E-state index contributed by atoms with van der Waals surface area (Å²) in [5, 5.41) is 24.0. The van der Waals surface area contributed by atoms with Crippen LogP contribution in [-0.2, 0) is 39.0 Å². The van der Waals surface area contributed by atoms with E-state index in [9.17, 15) is 10.2 Å². The van der Waals surface area contributed by atoms with E-state index in [0.29, 0.717) is 11.0 Å². The predicted octanol–water partition coefficient (Wildman–Crippen LogP) is 7.96. The molecular formula is C34H36N2O2Rh2-2. The Balaban J connectivity index is 0.000000266. The van der Waals surface area contributed by atoms with Crippen molar-refractivity contribution >= 4 is 21.8 Å². The van der Waals surface area contributed by atoms with Crippen molar-refractivity contribution in [3.05, 3.63) is 122 Å². The number of para-hydroxylation sites is 2. The van der Waals surface area contributed by atoms with E-state index in [2.05, 4.69) is 58.6 Å². The molecule has 0 saturated carbocycles. The molecule has 4 aromatic rings. The number of rotatable bonds is 0. The topological polar surface area (TPSA) is 71.9 Å². The summed E-state index contributed by atoms with van der Waals surface area (Å²) in [6.07, 6.45) is 31.3. The van der Waals surface area contributed by atoms with E-state index >= 15 is 0 Å². The van der Waals surface area contributed by atoms with Crippen LogP contribution in [0.4, 0.5) is 0 Å². The monoisotopic (exact) mass is 710 g/mol. The second-order valence-corrected chi connectivity index (χ2v) is 8.86. The number of nitrogens with zero attached hydrogens (tertiary/aromatic N) is 2. The zero-order chi connectivity index (χ0) is 26.7. The normalized spacial score (nSPS) is 13.6. The molecule has 0 fully saturated rings. The zero-order valence-corrected chi connectivity index (χ0v) is 25.9. The Morgan fingerprint density at radius 1 is 0.400 bits per heavy atom. The number of hydrogen-bond donors (Lipinski definition) is 0. The van der Waals surface area contributed by atoms with Crippen molar-refractivity contribution in [1.29, 1.82) is 0 Å². The van der Waals surface area contributed by atoms with Crippen LogP contribution in [0.3, 0.4) is 0 Å². The van der Waals surface area contributed by atoms with E-state index in [1.807, 2.05) is 36.4 Å². The van der Waals surface area contributed by atoms with Gasteiger partial charge in [-0.1, -0.05) is 109 Å². The fourth-order valence-corrected chi connectivity index (χ4v) is 3.87. The molecule has 0 bridgehead atoms. The minimum atomic E-state index is -0.0110. The Bertz CT molecular complexity index is 1200. The molecule has 40 heavy (non-hydrogen) atoms. The molecule has 2 aliphatic rings. The van der Waals surface area contributed by atoms with Crippen LogP contribution in [0, 0.1) is 0 Å². The molecule has 0 atom stereocenters. The first-order valence-corrected chi connectivity index (χ1v) is 13.4. The summed E-state index contributed by atoms with van der Waals surface area (Å²) in [5.41, 5.74) is 1.10. The Kier molecular flexibility index (Phi) is 19.2. The molecule has 0 aliphatic heterocycles. The van der Waals surface area contributed by atoms with Crippen molar-refractivity contribution in [3.63, 3.8) is 0 Å². The van der Waals surface area contributed by atoms with E-state index in [0.717, 1.165) is 10.8 Å². The molecule has 4 nitrogen and oxygen atoms in total. The molecular weight excluding hydrogens is 674 g/mol. The van der Waals surface area contributed by atoms with Crippen molar-refractivity contribution < 1.29 is 49.2 Å². The molecule has 6 heteroatoms. The second kappa shape index (κ2) is 21.8.